The fraction of sp³-hybridized carbons (Fsp3) is 0.278. The fourth-order valence-electron chi connectivity index (χ4n) is 5.10. The first kappa shape index (κ1) is 34.5. The van der Waals surface area contributed by atoms with Gasteiger partial charge in [0.2, 0.25) is 11.8 Å². The maximum atomic E-state index is 14.6. The minimum atomic E-state index is -4.23. The number of benzene rings is 4. The molecule has 0 spiro atoms. The molecule has 0 aliphatic heterocycles. The predicted molar refractivity (Wildman–Crippen MR) is 183 cm³/mol. The van der Waals surface area contributed by atoms with Crippen LogP contribution in [0.25, 0.3) is 0 Å². The smallest absolute Gasteiger partial charge is 0.264 e. The summed E-state index contributed by atoms with van der Waals surface area (Å²) in [4.78, 5) is 29.9. The van der Waals surface area contributed by atoms with Gasteiger partial charge < -0.3 is 15.0 Å². The Kier molecular flexibility index (Phi) is 11.8. The number of amides is 2. The molecule has 242 valence electrons. The van der Waals surface area contributed by atoms with Crippen LogP contribution in [0.5, 0.6) is 5.75 Å². The number of aryl methyl sites for hydroxylation is 1. The first-order valence-electron chi connectivity index (χ1n) is 15.1. The molecule has 4 rings (SSSR count). The predicted octanol–water partition coefficient (Wildman–Crippen LogP) is 6.33. The number of hydrogen-bond acceptors (Lipinski definition) is 5. The number of methoxy groups -OCH3 is 1. The molecule has 0 aliphatic rings. The SMILES string of the molecule is CCCNC(=O)[C@H](Cc1ccccc1)N(Cc1cccc(OC)c1)C(=O)CN(c1cccc(Cl)c1C)S(=O)(=O)c1ccc(C)cc1. The molecule has 1 N–H and O–H groups in total. The van der Waals surface area contributed by atoms with Crippen LogP contribution in [0.2, 0.25) is 5.02 Å². The number of nitrogens with zero attached hydrogens (tertiary/aromatic N) is 2. The lowest BCUT2D eigenvalue weighted by molar-refractivity contribution is -0.140. The summed E-state index contributed by atoms with van der Waals surface area (Å²) in [7, 11) is -2.68. The Morgan fingerprint density at radius 3 is 2.24 bits per heavy atom. The normalized spacial score (nSPS) is 11.8. The number of halogens is 1. The second kappa shape index (κ2) is 15.8. The Balaban J connectivity index is 1.83. The van der Waals surface area contributed by atoms with Crippen molar-refractivity contribution in [2.75, 3.05) is 24.5 Å². The summed E-state index contributed by atoms with van der Waals surface area (Å²) in [6, 6.07) is 27.2. The van der Waals surface area contributed by atoms with Crippen LogP contribution in [0.3, 0.4) is 0 Å². The van der Waals surface area contributed by atoms with Gasteiger partial charge in [-0.1, -0.05) is 84.8 Å². The van der Waals surface area contributed by atoms with Crippen molar-refractivity contribution < 1.29 is 22.7 Å². The third kappa shape index (κ3) is 8.47. The first-order chi connectivity index (χ1) is 22.0. The van der Waals surface area contributed by atoms with Crippen LogP contribution < -0.4 is 14.4 Å². The van der Waals surface area contributed by atoms with Crippen molar-refractivity contribution in [2.24, 2.45) is 0 Å². The molecule has 2 amide bonds. The van der Waals surface area contributed by atoms with Crippen molar-refractivity contribution in [1.82, 2.24) is 10.2 Å². The molecule has 1 atom stereocenters. The molecule has 4 aromatic rings. The Morgan fingerprint density at radius 2 is 1.57 bits per heavy atom. The molecule has 0 heterocycles. The van der Waals surface area contributed by atoms with Crippen LogP contribution in [0, 0.1) is 13.8 Å². The second-order valence-corrected chi connectivity index (χ2v) is 13.3. The summed E-state index contributed by atoms with van der Waals surface area (Å²) >= 11 is 6.46. The van der Waals surface area contributed by atoms with Gasteiger partial charge in [0.05, 0.1) is 17.7 Å². The van der Waals surface area contributed by atoms with Gasteiger partial charge >= 0.3 is 0 Å². The molecule has 0 fully saturated rings. The van der Waals surface area contributed by atoms with Crippen molar-refractivity contribution in [3.8, 4) is 5.75 Å². The number of anilines is 1. The van der Waals surface area contributed by atoms with Crippen molar-refractivity contribution in [3.05, 3.63) is 124 Å². The molecule has 0 aromatic heterocycles. The topological polar surface area (TPSA) is 96.0 Å². The van der Waals surface area contributed by atoms with E-state index in [1.54, 1.807) is 56.5 Å². The molecule has 4 aromatic carbocycles. The zero-order chi connectivity index (χ0) is 33.3. The first-order valence-corrected chi connectivity index (χ1v) is 17.0. The number of rotatable bonds is 14. The van der Waals surface area contributed by atoms with Gasteiger partial charge in [0.25, 0.3) is 10.0 Å². The van der Waals surface area contributed by atoms with Gasteiger partial charge in [-0.25, -0.2) is 8.42 Å². The second-order valence-electron chi connectivity index (χ2n) is 11.1. The summed E-state index contributed by atoms with van der Waals surface area (Å²) in [5.41, 5.74) is 3.26. The lowest BCUT2D eigenvalue weighted by Gasteiger charge is -2.34. The van der Waals surface area contributed by atoms with Gasteiger partial charge in [-0.2, -0.15) is 0 Å². The van der Waals surface area contributed by atoms with E-state index in [1.807, 2.05) is 56.3 Å². The Hall–Kier alpha value is -4.34. The highest BCUT2D eigenvalue weighted by molar-refractivity contribution is 7.92. The highest BCUT2D eigenvalue weighted by Gasteiger charge is 2.35. The van der Waals surface area contributed by atoms with Crippen LogP contribution in [0.1, 0.15) is 35.6 Å². The number of carbonyl (C=O) groups is 2. The standard InChI is InChI=1S/C36H40ClN3O5S/c1-5-21-38-36(42)34(23-28-11-7-6-8-12-28)39(24-29-13-9-14-30(22-29)45-4)35(41)25-40(33-16-10-15-32(37)27(33)3)46(43,44)31-19-17-26(2)18-20-31/h6-20,22,34H,5,21,23-25H2,1-4H3,(H,38,42)/t34-/m0/s1. The summed E-state index contributed by atoms with van der Waals surface area (Å²) < 4.78 is 35.0. The summed E-state index contributed by atoms with van der Waals surface area (Å²) in [6.07, 6.45) is 0.942. The molecule has 0 radical (unpaired) electrons. The number of sulfonamides is 1. The maximum absolute atomic E-state index is 14.6. The maximum Gasteiger partial charge on any atom is 0.264 e. The Labute approximate surface area is 277 Å². The lowest BCUT2D eigenvalue weighted by Crippen LogP contribution is -2.53. The van der Waals surface area contributed by atoms with Crippen molar-refractivity contribution >= 4 is 39.1 Å². The van der Waals surface area contributed by atoms with E-state index in [-0.39, 0.29) is 29.5 Å². The highest BCUT2D eigenvalue weighted by Crippen LogP contribution is 2.31. The van der Waals surface area contributed by atoms with Crippen LogP contribution >= 0.6 is 11.6 Å². The van der Waals surface area contributed by atoms with Crippen molar-refractivity contribution in [2.45, 2.75) is 51.1 Å². The Morgan fingerprint density at radius 1 is 0.891 bits per heavy atom. The van der Waals surface area contributed by atoms with Crippen molar-refractivity contribution in [1.29, 1.82) is 0 Å². The summed E-state index contributed by atoms with van der Waals surface area (Å²) in [5.74, 6) is -0.280. The van der Waals surface area contributed by atoms with Crippen LogP contribution in [-0.4, -0.2) is 51.4 Å². The number of carbonyl (C=O) groups excluding carboxylic acids is 2. The molecule has 8 nitrogen and oxygen atoms in total. The van der Waals surface area contributed by atoms with E-state index in [0.717, 1.165) is 21.0 Å². The van der Waals surface area contributed by atoms with E-state index in [9.17, 15) is 18.0 Å². The van der Waals surface area contributed by atoms with E-state index < -0.39 is 28.5 Å². The quantitative estimate of drug-likeness (QED) is 0.171. The van der Waals surface area contributed by atoms with E-state index in [4.69, 9.17) is 16.3 Å². The third-order valence-corrected chi connectivity index (χ3v) is 9.89. The molecular formula is C36H40ClN3O5S. The molecular weight excluding hydrogens is 622 g/mol. The monoisotopic (exact) mass is 661 g/mol. The van der Waals surface area contributed by atoms with Gasteiger partial charge in [0, 0.05) is 24.5 Å². The highest BCUT2D eigenvalue weighted by atomic mass is 35.5. The fourth-order valence-corrected chi connectivity index (χ4v) is 6.75. The minimum Gasteiger partial charge on any atom is -0.497 e. The van der Waals surface area contributed by atoms with Crippen LogP contribution in [0.4, 0.5) is 5.69 Å². The largest absolute Gasteiger partial charge is 0.497 e. The zero-order valence-electron chi connectivity index (χ0n) is 26.6. The van der Waals surface area contributed by atoms with E-state index in [2.05, 4.69) is 5.32 Å². The van der Waals surface area contributed by atoms with Crippen LogP contribution in [-0.2, 0) is 32.6 Å². The number of ether oxygens (including phenoxy) is 1. The number of hydrogen-bond donors (Lipinski definition) is 1. The molecule has 0 bridgehead atoms. The van der Waals surface area contributed by atoms with E-state index in [0.29, 0.717) is 29.3 Å². The average molecular weight is 662 g/mol. The zero-order valence-corrected chi connectivity index (χ0v) is 28.1. The van der Waals surface area contributed by atoms with E-state index >= 15 is 0 Å². The Bertz CT molecular complexity index is 1750. The number of nitrogens with one attached hydrogen (secondary N) is 1. The molecule has 10 heteroatoms. The van der Waals surface area contributed by atoms with Gasteiger partial charge in [0.1, 0.15) is 18.3 Å². The molecule has 46 heavy (non-hydrogen) atoms. The molecule has 0 aliphatic carbocycles. The van der Waals surface area contributed by atoms with Gasteiger partial charge in [-0.3, -0.25) is 13.9 Å². The molecule has 0 unspecified atom stereocenters. The average Bonchev–Trinajstić information content (AvgIpc) is 3.06. The van der Waals surface area contributed by atoms with Crippen LogP contribution in [0.15, 0.2) is 102 Å². The van der Waals surface area contributed by atoms with Crippen molar-refractivity contribution in [3.63, 3.8) is 0 Å². The summed E-state index contributed by atoms with van der Waals surface area (Å²) in [6.45, 7) is 5.44. The van der Waals surface area contributed by atoms with Gasteiger partial charge in [0.15, 0.2) is 0 Å². The van der Waals surface area contributed by atoms with Gasteiger partial charge in [-0.05, 0) is 73.4 Å². The van der Waals surface area contributed by atoms with E-state index in [1.165, 1.54) is 17.0 Å². The molecule has 0 saturated heterocycles. The van der Waals surface area contributed by atoms with Gasteiger partial charge in [-0.15, -0.1) is 0 Å². The molecule has 0 saturated carbocycles. The third-order valence-electron chi connectivity index (χ3n) is 7.70. The summed E-state index contributed by atoms with van der Waals surface area (Å²) in [5, 5.41) is 3.32. The lowest BCUT2D eigenvalue weighted by atomic mass is 10.0. The minimum absolute atomic E-state index is 0.0335.